The van der Waals surface area contributed by atoms with Crippen molar-refractivity contribution in [2.45, 2.75) is 65.3 Å². The number of fused-ring (bicyclic) bond motifs is 1. The van der Waals surface area contributed by atoms with Crippen LogP contribution in [0.5, 0.6) is 5.75 Å². The summed E-state index contributed by atoms with van der Waals surface area (Å²) in [6.07, 6.45) is 5.02. The van der Waals surface area contributed by atoms with Crippen molar-refractivity contribution in [1.29, 1.82) is 0 Å². The largest absolute Gasteiger partial charge is 0.497 e. The first-order valence-corrected chi connectivity index (χ1v) is 13.4. The van der Waals surface area contributed by atoms with Crippen LogP contribution in [0.2, 0.25) is 0 Å². The third-order valence-electron chi connectivity index (χ3n) is 6.78. The number of aryl methyl sites for hydroxylation is 2. The van der Waals surface area contributed by atoms with E-state index in [1.165, 1.54) is 28.1 Å². The van der Waals surface area contributed by atoms with Gasteiger partial charge >= 0.3 is 0 Å². The fraction of sp³-hybridized carbons (Fsp3) is 0.500. The highest BCUT2D eigenvalue weighted by molar-refractivity contribution is 5.29. The number of methoxy groups -OCH3 is 1. The maximum absolute atomic E-state index is 5.95. The minimum absolute atomic E-state index is 0.667. The van der Waals surface area contributed by atoms with Crippen molar-refractivity contribution < 1.29 is 14.2 Å². The van der Waals surface area contributed by atoms with Crippen molar-refractivity contribution in [3.63, 3.8) is 0 Å². The van der Waals surface area contributed by atoms with Crippen LogP contribution in [0.3, 0.4) is 0 Å². The summed E-state index contributed by atoms with van der Waals surface area (Å²) >= 11 is 0. The maximum atomic E-state index is 5.95. The van der Waals surface area contributed by atoms with Crippen molar-refractivity contribution in [3.8, 4) is 5.75 Å². The molecule has 2 heterocycles. The van der Waals surface area contributed by atoms with Crippen LogP contribution in [-0.4, -0.2) is 48.2 Å². The lowest BCUT2D eigenvalue weighted by atomic mass is 10.0. The summed E-state index contributed by atoms with van der Waals surface area (Å²) in [6.45, 7) is 8.95. The van der Waals surface area contributed by atoms with Crippen LogP contribution in [0.1, 0.15) is 54.3 Å². The number of ether oxygens (including phenoxy) is 3. The molecule has 0 unspecified atom stereocenters. The maximum Gasteiger partial charge on any atom is 0.118 e. The first-order valence-electron chi connectivity index (χ1n) is 13.4. The Morgan fingerprint density at radius 2 is 1.78 bits per heavy atom. The van der Waals surface area contributed by atoms with Crippen LogP contribution in [0.25, 0.3) is 0 Å². The third-order valence-corrected chi connectivity index (χ3v) is 6.78. The zero-order valence-corrected chi connectivity index (χ0v) is 22.0. The molecular formula is C30H41N3O3. The highest BCUT2D eigenvalue weighted by atomic mass is 16.5. The Balaban J connectivity index is 1.44. The summed E-state index contributed by atoms with van der Waals surface area (Å²) in [4.78, 5) is 2.54. The van der Waals surface area contributed by atoms with Gasteiger partial charge in [-0.05, 0) is 67.9 Å². The van der Waals surface area contributed by atoms with Gasteiger partial charge in [0.2, 0.25) is 0 Å². The molecule has 0 atom stereocenters. The zero-order chi connectivity index (χ0) is 25.0. The second-order valence-electron chi connectivity index (χ2n) is 9.46. The second kappa shape index (κ2) is 14.2. The van der Waals surface area contributed by atoms with Crippen molar-refractivity contribution in [3.05, 3.63) is 82.7 Å². The Morgan fingerprint density at radius 1 is 0.972 bits per heavy atom. The number of benzene rings is 2. The summed E-state index contributed by atoms with van der Waals surface area (Å²) in [6, 6.07) is 18.8. The van der Waals surface area contributed by atoms with E-state index >= 15 is 0 Å². The molecule has 1 aliphatic rings. The van der Waals surface area contributed by atoms with Crippen molar-refractivity contribution in [2.24, 2.45) is 0 Å². The van der Waals surface area contributed by atoms with Gasteiger partial charge in [-0.1, -0.05) is 42.5 Å². The van der Waals surface area contributed by atoms with Crippen LogP contribution in [0, 0.1) is 0 Å². The van der Waals surface area contributed by atoms with Gasteiger partial charge in [-0.3, -0.25) is 9.58 Å². The molecule has 6 heteroatoms. The van der Waals surface area contributed by atoms with E-state index in [1.807, 2.05) is 18.2 Å². The Hall–Kier alpha value is -2.67. The van der Waals surface area contributed by atoms with E-state index in [0.29, 0.717) is 6.61 Å². The molecule has 0 spiro atoms. The summed E-state index contributed by atoms with van der Waals surface area (Å²) in [7, 11) is 1.71. The lowest BCUT2D eigenvalue weighted by Gasteiger charge is -2.23. The minimum atomic E-state index is 0.667. The monoisotopic (exact) mass is 491 g/mol. The third kappa shape index (κ3) is 7.66. The molecule has 2 aromatic carbocycles. The average Bonchev–Trinajstić information content (AvgIpc) is 3.22. The molecule has 0 N–H and O–H groups in total. The Morgan fingerprint density at radius 3 is 2.56 bits per heavy atom. The van der Waals surface area contributed by atoms with Gasteiger partial charge in [0.1, 0.15) is 5.75 Å². The molecule has 0 radical (unpaired) electrons. The Bertz CT molecular complexity index is 1030. The molecule has 0 bridgehead atoms. The lowest BCUT2D eigenvalue weighted by molar-refractivity contribution is 0.117. The first kappa shape index (κ1) is 26.4. The van der Waals surface area contributed by atoms with Crippen LogP contribution in [0.15, 0.2) is 54.6 Å². The van der Waals surface area contributed by atoms with E-state index in [1.54, 1.807) is 7.11 Å². The van der Waals surface area contributed by atoms with Gasteiger partial charge in [0.05, 0.1) is 25.1 Å². The van der Waals surface area contributed by atoms with Gasteiger partial charge in [0, 0.05) is 46.0 Å². The van der Waals surface area contributed by atoms with Crippen LogP contribution < -0.4 is 4.74 Å². The fourth-order valence-corrected chi connectivity index (χ4v) is 4.88. The first-order chi connectivity index (χ1) is 17.8. The average molecular weight is 492 g/mol. The molecule has 0 fully saturated rings. The lowest BCUT2D eigenvalue weighted by Crippen LogP contribution is -2.26. The summed E-state index contributed by atoms with van der Waals surface area (Å²) in [5.74, 6) is 0.897. The van der Waals surface area contributed by atoms with Crippen molar-refractivity contribution in [2.75, 3.05) is 33.5 Å². The van der Waals surface area contributed by atoms with E-state index in [2.05, 4.69) is 52.9 Å². The number of hydrogen-bond donors (Lipinski definition) is 0. The van der Waals surface area contributed by atoms with Gasteiger partial charge in [0.15, 0.2) is 0 Å². The Kier molecular flexibility index (Phi) is 10.4. The van der Waals surface area contributed by atoms with Crippen molar-refractivity contribution in [1.82, 2.24) is 14.7 Å². The fourth-order valence-electron chi connectivity index (χ4n) is 4.88. The highest BCUT2D eigenvalue weighted by Crippen LogP contribution is 2.23. The normalized spacial score (nSPS) is 15.3. The predicted octanol–water partition coefficient (Wildman–Crippen LogP) is 5.42. The molecule has 0 aliphatic carbocycles. The molecule has 0 saturated carbocycles. The molecule has 1 aliphatic heterocycles. The highest BCUT2D eigenvalue weighted by Gasteiger charge is 2.20. The Labute approximate surface area is 216 Å². The SMILES string of the molecule is CCn1nc(CCCOCc2ccccc2)c2c1CN(Cc1ccc(OC)cc1)CCCOCCC2. The molecule has 6 nitrogen and oxygen atoms in total. The standard InChI is InChI=1S/C30H41N3O3/c1-3-33-30-23-32(22-25-14-16-27(34-2)17-15-25)18-9-21-35-19-7-12-28(30)29(31-33)13-8-20-36-24-26-10-5-4-6-11-26/h4-6,10-11,14-17H,3,7-9,12-13,18-24H2,1-2H3. The summed E-state index contributed by atoms with van der Waals surface area (Å²) in [5, 5.41) is 5.08. The quantitative estimate of drug-likeness (QED) is 0.355. The topological polar surface area (TPSA) is 48.8 Å². The minimum Gasteiger partial charge on any atom is -0.497 e. The van der Waals surface area contributed by atoms with Gasteiger partial charge < -0.3 is 14.2 Å². The van der Waals surface area contributed by atoms with Gasteiger partial charge in [-0.2, -0.15) is 5.10 Å². The second-order valence-corrected chi connectivity index (χ2v) is 9.46. The van der Waals surface area contributed by atoms with Crippen LogP contribution in [0.4, 0.5) is 0 Å². The van der Waals surface area contributed by atoms with Crippen LogP contribution in [-0.2, 0) is 48.6 Å². The van der Waals surface area contributed by atoms with Crippen LogP contribution >= 0.6 is 0 Å². The van der Waals surface area contributed by atoms with E-state index in [-0.39, 0.29) is 0 Å². The van der Waals surface area contributed by atoms with E-state index in [9.17, 15) is 0 Å². The molecule has 0 saturated heterocycles. The number of hydrogen-bond acceptors (Lipinski definition) is 5. The summed E-state index contributed by atoms with van der Waals surface area (Å²) in [5.41, 5.74) is 6.54. The van der Waals surface area contributed by atoms with E-state index in [4.69, 9.17) is 19.3 Å². The molecule has 4 rings (SSSR count). The zero-order valence-electron chi connectivity index (χ0n) is 22.0. The predicted molar refractivity (Wildman–Crippen MR) is 143 cm³/mol. The smallest absolute Gasteiger partial charge is 0.118 e. The van der Waals surface area contributed by atoms with Gasteiger partial charge in [-0.15, -0.1) is 0 Å². The molecule has 1 aromatic heterocycles. The van der Waals surface area contributed by atoms with Gasteiger partial charge in [-0.25, -0.2) is 0 Å². The van der Waals surface area contributed by atoms with Crippen molar-refractivity contribution >= 4 is 0 Å². The molecule has 36 heavy (non-hydrogen) atoms. The van der Waals surface area contributed by atoms with E-state index < -0.39 is 0 Å². The number of nitrogens with zero attached hydrogens (tertiary/aromatic N) is 3. The summed E-state index contributed by atoms with van der Waals surface area (Å²) < 4.78 is 19.5. The number of aromatic nitrogens is 2. The molecule has 0 amide bonds. The molecular weight excluding hydrogens is 450 g/mol. The molecule has 3 aromatic rings. The van der Waals surface area contributed by atoms with E-state index in [0.717, 1.165) is 83.9 Å². The number of rotatable bonds is 10. The van der Waals surface area contributed by atoms with Gasteiger partial charge in [0.25, 0.3) is 0 Å². The molecule has 194 valence electrons.